The summed E-state index contributed by atoms with van der Waals surface area (Å²) in [7, 11) is 0. The summed E-state index contributed by atoms with van der Waals surface area (Å²) in [5.41, 5.74) is 0.897. The van der Waals surface area contributed by atoms with Gasteiger partial charge in [-0.2, -0.15) is 0 Å². The lowest BCUT2D eigenvalue weighted by molar-refractivity contribution is 0.433. The molecule has 5 nitrogen and oxygen atoms in total. The molecule has 0 aromatic carbocycles. The average molecular weight is 343 g/mol. The van der Waals surface area contributed by atoms with Gasteiger partial charge in [-0.05, 0) is 41.4 Å². The minimum atomic E-state index is 0.825. The minimum Gasteiger partial charge on any atom is -0.342 e. The second-order valence-corrected chi connectivity index (χ2v) is 5.76. The first-order chi connectivity index (χ1) is 8.25. The monoisotopic (exact) mass is 343 g/mol. The second-order valence-electron chi connectivity index (χ2n) is 4.60. The van der Waals surface area contributed by atoms with Crippen LogP contribution < -0.4 is 4.90 Å². The summed E-state index contributed by atoms with van der Waals surface area (Å²) in [5.74, 6) is 1.80. The van der Waals surface area contributed by atoms with Crippen LogP contribution in [0.5, 0.6) is 0 Å². The van der Waals surface area contributed by atoms with Crippen molar-refractivity contribution in [3.05, 3.63) is 16.1 Å². The van der Waals surface area contributed by atoms with Crippen molar-refractivity contribution in [2.24, 2.45) is 5.92 Å². The van der Waals surface area contributed by atoms with E-state index in [9.17, 15) is 0 Å². The summed E-state index contributed by atoms with van der Waals surface area (Å²) < 4.78 is 3.02. The Morgan fingerprint density at radius 3 is 2.88 bits per heavy atom. The predicted molar refractivity (Wildman–Crippen MR) is 74.1 cm³/mol. The molecular formula is C11H14IN5. The van der Waals surface area contributed by atoms with Crippen LogP contribution in [0.25, 0.3) is 5.65 Å². The molecule has 2 aromatic rings. The Hall–Kier alpha value is -0.920. The van der Waals surface area contributed by atoms with Gasteiger partial charge in [0.25, 0.3) is 0 Å². The molecule has 0 saturated carbocycles. The Labute approximate surface area is 113 Å². The van der Waals surface area contributed by atoms with E-state index in [2.05, 4.69) is 49.6 Å². The zero-order valence-electron chi connectivity index (χ0n) is 9.67. The van der Waals surface area contributed by atoms with Crippen molar-refractivity contribution in [3.8, 4) is 0 Å². The maximum absolute atomic E-state index is 4.53. The third-order valence-electron chi connectivity index (χ3n) is 3.34. The number of hydrogen-bond acceptors (Lipinski definition) is 4. The molecule has 0 spiro atoms. The smallest absolute Gasteiger partial charge is 0.212 e. The van der Waals surface area contributed by atoms with Crippen molar-refractivity contribution in [3.63, 3.8) is 0 Å². The van der Waals surface area contributed by atoms with E-state index in [-0.39, 0.29) is 0 Å². The zero-order valence-corrected chi connectivity index (χ0v) is 11.8. The first-order valence-corrected chi connectivity index (χ1v) is 6.93. The molecule has 0 N–H and O–H groups in total. The van der Waals surface area contributed by atoms with Crippen molar-refractivity contribution in [1.82, 2.24) is 19.6 Å². The molecule has 3 heterocycles. The molecule has 6 heteroatoms. The fourth-order valence-electron chi connectivity index (χ4n) is 2.22. The Bertz CT molecular complexity index is 530. The third-order valence-corrected chi connectivity index (χ3v) is 4.10. The van der Waals surface area contributed by atoms with Gasteiger partial charge in [0.1, 0.15) is 6.33 Å². The minimum absolute atomic E-state index is 0.825. The molecule has 1 aliphatic heterocycles. The van der Waals surface area contributed by atoms with E-state index in [1.165, 1.54) is 12.8 Å². The largest absolute Gasteiger partial charge is 0.342 e. The van der Waals surface area contributed by atoms with Gasteiger partial charge >= 0.3 is 0 Å². The normalized spacial score (nSPS) is 17.9. The Morgan fingerprint density at radius 1 is 1.35 bits per heavy atom. The van der Waals surface area contributed by atoms with Gasteiger partial charge in [0.15, 0.2) is 5.65 Å². The molecule has 0 radical (unpaired) electrons. The van der Waals surface area contributed by atoms with Gasteiger partial charge in [-0.25, -0.2) is 4.98 Å². The van der Waals surface area contributed by atoms with E-state index in [4.69, 9.17) is 0 Å². The Kier molecular flexibility index (Phi) is 2.89. The predicted octanol–water partition coefficient (Wildman–Crippen LogP) is 1.97. The lowest BCUT2D eigenvalue weighted by Gasteiger charge is -2.31. The van der Waals surface area contributed by atoms with Crippen LogP contribution in [0.2, 0.25) is 0 Å². The fraction of sp³-hybridized carbons (Fsp3) is 0.545. The zero-order chi connectivity index (χ0) is 11.8. The first kappa shape index (κ1) is 11.2. The van der Waals surface area contributed by atoms with Crippen molar-refractivity contribution in [2.45, 2.75) is 19.8 Å². The number of piperidine rings is 1. The van der Waals surface area contributed by atoms with Crippen LogP contribution in [0.4, 0.5) is 5.95 Å². The lowest BCUT2D eigenvalue weighted by Crippen LogP contribution is -2.34. The molecule has 1 aliphatic rings. The molecule has 0 atom stereocenters. The van der Waals surface area contributed by atoms with Crippen LogP contribution in [0.3, 0.4) is 0 Å². The van der Waals surface area contributed by atoms with Gasteiger partial charge in [-0.3, -0.25) is 4.40 Å². The summed E-state index contributed by atoms with van der Waals surface area (Å²) in [6.07, 6.45) is 6.09. The fourth-order valence-corrected chi connectivity index (χ4v) is 2.73. The van der Waals surface area contributed by atoms with E-state index in [0.29, 0.717) is 0 Å². The van der Waals surface area contributed by atoms with E-state index >= 15 is 0 Å². The quantitative estimate of drug-likeness (QED) is 0.743. The number of anilines is 1. The van der Waals surface area contributed by atoms with E-state index < -0.39 is 0 Å². The molecule has 17 heavy (non-hydrogen) atoms. The number of nitrogens with zero attached hydrogens (tertiary/aromatic N) is 5. The average Bonchev–Trinajstić information content (AvgIpc) is 2.81. The van der Waals surface area contributed by atoms with Crippen LogP contribution in [-0.2, 0) is 0 Å². The highest BCUT2D eigenvalue weighted by Crippen LogP contribution is 2.23. The summed E-state index contributed by atoms with van der Waals surface area (Å²) in [5, 5.41) is 8.10. The van der Waals surface area contributed by atoms with E-state index in [1.807, 2.05) is 10.6 Å². The van der Waals surface area contributed by atoms with E-state index in [1.54, 1.807) is 6.33 Å². The molecule has 0 bridgehead atoms. The van der Waals surface area contributed by atoms with Gasteiger partial charge in [-0.1, -0.05) is 6.92 Å². The number of hydrogen-bond donors (Lipinski definition) is 0. The molecule has 0 aliphatic carbocycles. The van der Waals surface area contributed by atoms with Gasteiger partial charge in [-0.15, -0.1) is 10.2 Å². The van der Waals surface area contributed by atoms with Gasteiger partial charge in [0.05, 0.1) is 3.57 Å². The highest BCUT2D eigenvalue weighted by molar-refractivity contribution is 14.1. The standard InChI is InChI=1S/C11H14IN5/c1-8-2-4-16(5-3-8)11-13-6-9(12)10-15-14-7-17(10)11/h6-8H,2-5H2,1H3. The number of rotatable bonds is 1. The highest BCUT2D eigenvalue weighted by atomic mass is 127. The number of aromatic nitrogens is 4. The Morgan fingerprint density at radius 2 is 2.12 bits per heavy atom. The second kappa shape index (κ2) is 4.40. The Balaban J connectivity index is 2.00. The number of fused-ring (bicyclic) bond motifs is 1. The van der Waals surface area contributed by atoms with Crippen molar-refractivity contribution < 1.29 is 0 Å². The molecular weight excluding hydrogens is 329 g/mol. The summed E-state index contributed by atoms with van der Waals surface area (Å²) in [6, 6.07) is 0. The third kappa shape index (κ3) is 1.98. The molecule has 1 saturated heterocycles. The molecule has 0 unspecified atom stereocenters. The maximum atomic E-state index is 4.53. The SMILES string of the molecule is CC1CCN(c2ncc(I)c3nncn23)CC1. The van der Waals surface area contributed by atoms with Crippen molar-refractivity contribution >= 4 is 34.2 Å². The lowest BCUT2D eigenvalue weighted by atomic mass is 10.00. The van der Waals surface area contributed by atoms with Crippen LogP contribution in [0.15, 0.2) is 12.5 Å². The summed E-state index contributed by atoms with van der Waals surface area (Å²) >= 11 is 2.24. The maximum Gasteiger partial charge on any atom is 0.212 e. The van der Waals surface area contributed by atoms with Crippen LogP contribution in [-0.4, -0.2) is 32.7 Å². The van der Waals surface area contributed by atoms with E-state index in [0.717, 1.165) is 34.2 Å². The summed E-state index contributed by atoms with van der Waals surface area (Å²) in [6.45, 7) is 4.46. The first-order valence-electron chi connectivity index (χ1n) is 5.85. The molecule has 3 rings (SSSR count). The summed E-state index contributed by atoms with van der Waals surface area (Å²) in [4.78, 5) is 6.85. The van der Waals surface area contributed by atoms with Crippen molar-refractivity contribution in [2.75, 3.05) is 18.0 Å². The van der Waals surface area contributed by atoms with Crippen LogP contribution in [0.1, 0.15) is 19.8 Å². The number of halogens is 1. The molecule has 90 valence electrons. The van der Waals surface area contributed by atoms with Gasteiger partial charge < -0.3 is 4.90 Å². The molecule has 0 amide bonds. The molecule has 1 fully saturated rings. The topological polar surface area (TPSA) is 46.3 Å². The van der Waals surface area contributed by atoms with Gasteiger partial charge in [0.2, 0.25) is 5.95 Å². The van der Waals surface area contributed by atoms with Crippen molar-refractivity contribution in [1.29, 1.82) is 0 Å². The van der Waals surface area contributed by atoms with Gasteiger partial charge in [0, 0.05) is 19.3 Å². The van der Waals surface area contributed by atoms with Crippen LogP contribution >= 0.6 is 22.6 Å². The van der Waals surface area contributed by atoms with Crippen LogP contribution in [0, 0.1) is 9.49 Å². The highest BCUT2D eigenvalue weighted by Gasteiger charge is 2.19. The molecule has 2 aromatic heterocycles.